The zero-order valence-electron chi connectivity index (χ0n) is 9.70. The third-order valence-corrected chi connectivity index (χ3v) is 2.13. The summed E-state index contributed by atoms with van der Waals surface area (Å²) in [7, 11) is 1.50. The molecule has 0 aliphatic carbocycles. The van der Waals surface area contributed by atoms with Crippen molar-refractivity contribution in [2.75, 3.05) is 7.11 Å². The highest BCUT2D eigenvalue weighted by molar-refractivity contribution is 5.89. The number of oxime groups is 1. The van der Waals surface area contributed by atoms with E-state index in [1.807, 2.05) is 6.07 Å². The van der Waals surface area contributed by atoms with Crippen LogP contribution < -0.4 is 4.74 Å². The fourth-order valence-corrected chi connectivity index (χ4v) is 1.27. The molecular weight excluding hydrogens is 234 g/mol. The Morgan fingerprint density at radius 3 is 2.67 bits per heavy atom. The molecule has 0 saturated carbocycles. The van der Waals surface area contributed by atoms with Gasteiger partial charge in [-0.25, -0.2) is 4.79 Å². The van der Waals surface area contributed by atoms with Gasteiger partial charge in [0, 0.05) is 6.07 Å². The molecule has 18 heavy (non-hydrogen) atoms. The van der Waals surface area contributed by atoms with Crippen molar-refractivity contribution in [1.82, 2.24) is 0 Å². The van der Waals surface area contributed by atoms with Gasteiger partial charge in [-0.2, -0.15) is 0 Å². The summed E-state index contributed by atoms with van der Waals surface area (Å²) in [4.78, 5) is 16.2. The van der Waals surface area contributed by atoms with Crippen LogP contribution in [0.15, 0.2) is 52.0 Å². The maximum atomic E-state index is 11.5. The van der Waals surface area contributed by atoms with Gasteiger partial charge < -0.3 is 14.0 Å². The highest BCUT2D eigenvalue weighted by atomic mass is 16.7. The van der Waals surface area contributed by atoms with Gasteiger partial charge >= 0.3 is 5.97 Å². The summed E-state index contributed by atoms with van der Waals surface area (Å²) >= 11 is 0. The monoisotopic (exact) mass is 245 g/mol. The van der Waals surface area contributed by atoms with Crippen molar-refractivity contribution >= 4 is 12.2 Å². The van der Waals surface area contributed by atoms with E-state index in [1.54, 1.807) is 36.4 Å². The fraction of sp³-hybridized carbons (Fsp3) is 0.0769. The number of nitrogens with zero attached hydrogens (tertiary/aromatic N) is 1. The predicted molar refractivity (Wildman–Crippen MR) is 64.7 cm³/mol. The van der Waals surface area contributed by atoms with Gasteiger partial charge in [0.05, 0.1) is 12.7 Å². The van der Waals surface area contributed by atoms with Crippen molar-refractivity contribution in [3.05, 3.63) is 53.8 Å². The van der Waals surface area contributed by atoms with E-state index >= 15 is 0 Å². The lowest BCUT2D eigenvalue weighted by molar-refractivity contribution is 0.0519. The number of carbonyl (C=O) groups is 1. The summed E-state index contributed by atoms with van der Waals surface area (Å²) in [5.41, 5.74) is 0.437. The molecule has 0 atom stereocenters. The first kappa shape index (κ1) is 11.9. The van der Waals surface area contributed by atoms with Gasteiger partial charge in [0.15, 0.2) is 5.76 Å². The summed E-state index contributed by atoms with van der Waals surface area (Å²) in [6.45, 7) is 0. The highest BCUT2D eigenvalue weighted by Gasteiger charge is 2.05. The van der Waals surface area contributed by atoms with Gasteiger partial charge in [-0.3, -0.25) is 0 Å². The van der Waals surface area contributed by atoms with Crippen molar-refractivity contribution in [2.45, 2.75) is 0 Å². The average molecular weight is 245 g/mol. The molecule has 0 aliphatic heterocycles. The summed E-state index contributed by atoms with van der Waals surface area (Å²) in [5, 5.41) is 3.54. The fourth-order valence-electron chi connectivity index (χ4n) is 1.27. The molecule has 5 heteroatoms. The first-order valence-electron chi connectivity index (χ1n) is 5.23. The Kier molecular flexibility index (Phi) is 3.76. The van der Waals surface area contributed by atoms with E-state index in [-0.39, 0.29) is 0 Å². The number of hydrogen-bond acceptors (Lipinski definition) is 5. The Morgan fingerprint density at radius 1 is 1.22 bits per heavy atom. The Balaban J connectivity index is 1.93. The molecule has 0 N–H and O–H groups in total. The quantitative estimate of drug-likeness (QED) is 0.471. The van der Waals surface area contributed by atoms with Crippen molar-refractivity contribution in [2.24, 2.45) is 5.16 Å². The third-order valence-electron chi connectivity index (χ3n) is 2.13. The van der Waals surface area contributed by atoms with Gasteiger partial charge in [0.1, 0.15) is 6.21 Å². The zero-order valence-corrected chi connectivity index (χ0v) is 9.70. The number of methoxy groups -OCH3 is 1. The molecule has 0 amide bonds. The first-order valence-corrected chi connectivity index (χ1v) is 5.23. The molecular formula is C13H11NO4. The molecule has 92 valence electrons. The smallest absolute Gasteiger partial charge is 0.365 e. The minimum Gasteiger partial charge on any atom is -0.468 e. The van der Waals surface area contributed by atoms with Crippen LogP contribution in [0.4, 0.5) is 0 Å². The number of furan rings is 1. The second-order valence-corrected chi connectivity index (χ2v) is 3.34. The Labute approximate surface area is 104 Å². The summed E-state index contributed by atoms with van der Waals surface area (Å²) in [6.07, 6.45) is 1.30. The van der Waals surface area contributed by atoms with Gasteiger partial charge in [-0.05, 0) is 18.2 Å². The third kappa shape index (κ3) is 2.98. The maximum Gasteiger partial charge on any atom is 0.365 e. The molecule has 0 aliphatic rings. The molecule has 0 fully saturated rings. The largest absolute Gasteiger partial charge is 0.468 e. The first-order chi connectivity index (χ1) is 8.79. The molecule has 0 unspecified atom stereocenters. The second kappa shape index (κ2) is 5.67. The average Bonchev–Trinajstić information content (AvgIpc) is 2.87. The van der Waals surface area contributed by atoms with E-state index in [0.717, 1.165) is 0 Å². The highest BCUT2D eigenvalue weighted by Crippen LogP contribution is 2.13. The van der Waals surface area contributed by atoms with Gasteiger partial charge in [0.25, 0.3) is 5.95 Å². The van der Waals surface area contributed by atoms with E-state index in [1.165, 1.54) is 13.3 Å². The molecule has 0 radical (unpaired) electrons. The molecule has 0 bridgehead atoms. The number of benzene rings is 1. The molecule has 1 aromatic heterocycles. The number of hydrogen-bond donors (Lipinski definition) is 0. The van der Waals surface area contributed by atoms with Crippen LogP contribution >= 0.6 is 0 Å². The Hall–Kier alpha value is -2.56. The minimum absolute atomic E-state index is 0.367. The number of ether oxygens (including phenoxy) is 1. The SMILES string of the molecule is COc1ccc(/C=N/OC(=O)c2ccccc2)o1. The van der Waals surface area contributed by atoms with Crippen LogP contribution in [0.2, 0.25) is 0 Å². The Bertz CT molecular complexity index is 545. The standard InChI is InChI=1S/C13H11NO4/c1-16-12-8-7-11(17-12)9-14-18-13(15)10-5-3-2-4-6-10/h2-9H,1H3/b14-9+. The van der Waals surface area contributed by atoms with Crippen molar-refractivity contribution in [3.8, 4) is 5.95 Å². The van der Waals surface area contributed by atoms with Crippen LogP contribution in [-0.2, 0) is 4.84 Å². The van der Waals surface area contributed by atoms with E-state index in [4.69, 9.17) is 14.0 Å². The number of carbonyl (C=O) groups excluding carboxylic acids is 1. The summed E-state index contributed by atoms with van der Waals surface area (Å²) < 4.78 is 10.0. The molecule has 2 rings (SSSR count). The Morgan fingerprint density at radius 2 is 2.00 bits per heavy atom. The van der Waals surface area contributed by atoms with Crippen LogP contribution in [0.5, 0.6) is 5.95 Å². The van der Waals surface area contributed by atoms with E-state index < -0.39 is 5.97 Å². The van der Waals surface area contributed by atoms with Crippen LogP contribution in [0.1, 0.15) is 16.1 Å². The molecule has 5 nitrogen and oxygen atoms in total. The minimum atomic E-state index is -0.523. The number of rotatable bonds is 4. The molecule has 0 spiro atoms. The van der Waals surface area contributed by atoms with Gasteiger partial charge in [-0.1, -0.05) is 23.4 Å². The van der Waals surface area contributed by atoms with Crippen molar-refractivity contribution < 1.29 is 18.8 Å². The summed E-state index contributed by atoms with van der Waals surface area (Å²) in [5.74, 6) is 0.281. The second-order valence-electron chi connectivity index (χ2n) is 3.34. The molecule has 2 aromatic rings. The molecule has 0 saturated heterocycles. The predicted octanol–water partition coefficient (Wildman–Crippen LogP) is 2.48. The van der Waals surface area contributed by atoms with E-state index in [2.05, 4.69) is 5.16 Å². The van der Waals surface area contributed by atoms with Crippen LogP contribution in [0, 0.1) is 0 Å². The summed E-state index contributed by atoms with van der Waals surface area (Å²) in [6, 6.07) is 11.9. The van der Waals surface area contributed by atoms with Gasteiger partial charge in [0.2, 0.25) is 0 Å². The van der Waals surface area contributed by atoms with E-state index in [9.17, 15) is 4.79 Å². The van der Waals surface area contributed by atoms with Crippen LogP contribution in [-0.4, -0.2) is 19.3 Å². The topological polar surface area (TPSA) is 61.0 Å². The van der Waals surface area contributed by atoms with Crippen molar-refractivity contribution in [1.29, 1.82) is 0 Å². The van der Waals surface area contributed by atoms with E-state index in [0.29, 0.717) is 17.3 Å². The zero-order chi connectivity index (χ0) is 12.8. The maximum absolute atomic E-state index is 11.5. The lowest BCUT2D eigenvalue weighted by atomic mass is 10.2. The van der Waals surface area contributed by atoms with Crippen molar-refractivity contribution in [3.63, 3.8) is 0 Å². The van der Waals surface area contributed by atoms with Gasteiger partial charge in [-0.15, -0.1) is 0 Å². The molecule has 1 aromatic carbocycles. The van der Waals surface area contributed by atoms with Crippen LogP contribution in [0.3, 0.4) is 0 Å². The molecule has 1 heterocycles. The lowest BCUT2D eigenvalue weighted by Crippen LogP contribution is -2.00. The lowest BCUT2D eigenvalue weighted by Gasteiger charge is -1.95. The van der Waals surface area contributed by atoms with Crippen LogP contribution in [0.25, 0.3) is 0 Å². The normalized spacial score (nSPS) is 10.5.